The zero-order chi connectivity index (χ0) is 29.7. The normalized spacial score (nSPS) is 11.4. The highest BCUT2D eigenvalue weighted by Gasteiger charge is 2.27. The number of carbonyl (C=O) groups is 1. The van der Waals surface area contributed by atoms with Crippen LogP contribution in [-0.2, 0) is 31.8 Å². The largest absolute Gasteiger partial charge is 0.497 e. The Labute approximate surface area is 240 Å². The molecule has 0 aliphatic carbocycles. The summed E-state index contributed by atoms with van der Waals surface area (Å²) in [6.07, 6.45) is 0. The average molecular weight is 557 g/mol. The number of ether oxygens (including phenoxy) is 2. The molecular weight excluding hydrogens is 520 g/mol. The second-order valence-electron chi connectivity index (χ2n) is 10.5. The lowest BCUT2D eigenvalue weighted by atomic mass is 9.75. The number of aliphatic hydroxyl groups is 4. The van der Waals surface area contributed by atoms with Gasteiger partial charge in [0.25, 0.3) is 0 Å². The molecule has 0 heterocycles. The van der Waals surface area contributed by atoms with Crippen molar-refractivity contribution in [1.82, 2.24) is 0 Å². The van der Waals surface area contributed by atoms with Crippen molar-refractivity contribution in [2.24, 2.45) is 0 Å². The van der Waals surface area contributed by atoms with Crippen LogP contribution in [0.3, 0.4) is 0 Å². The minimum absolute atomic E-state index is 0.136. The Balaban J connectivity index is 1.65. The fourth-order valence-electron chi connectivity index (χ4n) is 4.88. The molecule has 41 heavy (non-hydrogen) atoms. The molecule has 0 aromatic heterocycles. The monoisotopic (exact) mass is 556 g/mol. The molecule has 4 aromatic carbocycles. The Hall–Kier alpha value is -4.01. The van der Waals surface area contributed by atoms with Crippen LogP contribution in [0.5, 0.6) is 17.2 Å². The van der Waals surface area contributed by atoms with E-state index < -0.39 is 5.41 Å². The maximum absolute atomic E-state index is 12.9. The van der Waals surface area contributed by atoms with Gasteiger partial charge in [-0.3, -0.25) is 4.79 Å². The standard InChI is InChI=1S/C34H36O7/c1-21-24(17-35)13-28(14-25(21)18-36)34(2,3)29-15-26(19-37)33(27(16-29)20-38)41-31-11-7-23(8-12-31)32(39)22-5-9-30(40-4)10-6-22/h5-16,35-38H,17-20H2,1-4H3. The topological polar surface area (TPSA) is 116 Å². The first-order valence-electron chi connectivity index (χ1n) is 13.4. The van der Waals surface area contributed by atoms with Gasteiger partial charge >= 0.3 is 0 Å². The summed E-state index contributed by atoms with van der Waals surface area (Å²) in [5.74, 6) is 1.33. The van der Waals surface area contributed by atoms with Gasteiger partial charge in [-0.1, -0.05) is 26.0 Å². The lowest BCUT2D eigenvalue weighted by Gasteiger charge is -2.30. The van der Waals surface area contributed by atoms with Crippen LogP contribution in [0.1, 0.15) is 68.7 Å². The van der Waals surface area contributed by atoms with Crippen LogP contribution in [0.2, 0.25) is 0 Å². The smallest absolute Gasteiger partial charge is 0.193 e. The first-order chi connectivity index (χ1) is 19.7. The van der Waals surface area contributed by atoms with E-state index in [1.807, 2.05) is 45.0 Å². The van der Waals surface area contributed by atoms with Crippen molar-refractivity contribution in [3.63, 3.8) is 0 Å². The van der Waals surface area contributed by atoms with Gasteiger partial charge in [-0.05, 0) is 95.4 Å². The van der Waals surface area contributed by atoms with Crippen molar-refractivity contribution < 1.29 is 34.7 Å². The third-order valence-electron chi connectivity index (χ3n) is 7.68. The molecule has 4 rings (SSSR count). The van der Waals surface area contributed by atoms with Crippen LogP contribution in [-0.4, -0.2) is 33.3 Å². The predicted molar refractivity (Wildman–Crippen MR) is 156 cm³/mol. The third kappa shape index (κ3) is 6.19. The van der Waals surface area contributed by atoms with Crippen molar-refractivity contribution >= 4 is 5.78 Å². The molecule has 0 aliphatic rings. The van der Waals surface area contributed by atoms with Gasteiger partial charge in [-0.2, -0.15) is 0 Å². The molecule has 214 valence electrons. The average Bonchev–Trinajstić information content (AvgIpc) is 3.01. The molecule has 0 bridgehead atoms. The number of methoxy groups -OCH3 is 1. The maximum atomic E-state index is 12.9. The number of aliphatic hydroxyl groups excluding tert-OH is 4. The molecule has 0 atom stereocenters. The first-order valence-corrected chi connectivity index (χ1v) is 13.4. The van der Waals surface area contributed by atoms with Gasteiger partial charge in [0.2, 0.25) is 0 Å². The number of benzene rings is 4. The van der Waals surface area contributed by atoms with Gasteiger partial charge in [-0.25, -0.2) is 0 Å². The number of hydrogen-bond donors (Lipinski definition) is 4. The van der Waals surface area contributed by atoms with Crippen molar-refractivity contribution in [2.75, 3.05) is 7.11 Å². The molecule has 0 aliphatic heterocycles. The minimum atomic E-state index is -0.586. The summed E-state index contributed by atoms with van der Waals surface area (Å²) in [5.41, 5.74) is 5.46. The van der Waals surface area contributed by atoms with Crippen molar-refractivity contribution in [2.45, 2.75) is 52.6 Å². The van der Waals surface area contributed by atoms with Gasteiger partial charge < -0.3 is 29.9 Å². The van der Waals surface area contributed by atoms with E-state index in [-0.39, 0.29) is 32.2 Å². The third-order valence-corrected chi connectivity index (χ3v) is 7.68. The Morgan fingerprint density at radius 1 is 0.659 bits per heavy atom. The van der Waals surface area contributed by atoms with Crippen molar-refractivity contribution in [3.05, 3.63) is 123 Å². The van der Waals surface area contributed by atoms with Crippen molar-refractivity contribution in [3.8, 4) is 17.2 Å². The van der Waals surface area contributed by atoms with Gasteiger partial charge in [-0.15, -0.1) is 0 Å². The summed E-state index contributed by atoms with van der Waals surface area (Å²) >= 11 is 0. The molecule has 0 radical (unpaired) electrons. The molecule has 0 saturated carbocycles. The van der Waals surface area contributed by atoms with E-state index >= 15 is 0 Å². The molecule has 0 amide bonds. The SMILES string of the molecule is COc1ccc(C(=O)c2ccc(Oc3c(CO)cc(C(C)(C)c4cc(CO)c(C)c(CO)c4)cc3CO)cc2)cc1. The number of ketones is 1. The van der Waals surface area contributed by atoms with Crippen LogP contribution in [0.15, 0.2) is 72.8 Å². The predicted octanol–water partition coefficient (Wildman–Crippen LogP) is 5.32. The summed E-state index contributed by atoms with van der Waals surface area (Å²) in [6, 6.07) is 21.1. The summed E-state index contributed by atoms with van der Waals surface area (Å²) in [7, 11) is 1.57. The highest BCUT2D eigenvalue weighted by molar-refractivity contribution is 6.09. The summed E-state index contributed by atoms with van der Waals surface area (Å²) in [5, 5.41) is 40.3. The molecule has 4 aromatic rings. The molecule has 0 saturated heterocycles. The number of rotatable bonds is 11. The van der Waals surface area contributed by atoms with E-state index in [0.717, 1.165) is 27.8 Å². The Kier molecular flexibility index (Phi) is 9.25. The van der Waals surface area contributed by atoms with Gasteiger partial charge in [0.15, 0.2) is 5.78 Å². The molecule has 0 fully saturated rings. The van der Waals surface area contributed by atoms with Crippen LogP contribution >= 0.6 is 0 Å². The second kappa shape index (κ2) is 12.7. The van der Waals surface area contributed by atoms with E-state index in [4.69, 9.17) is 9.47 Å². The zero-order valence-corrected chi connectivity index (χ0v) is 23.8. The van der Waals surface area contributed by atoms with Crippen LogP contribution in [0, 0.1) is 6.92 Å². The summed E-state index contributed by atoms with van der Waals surface area (Å²) < 4.78 is 11.3. The van der Waals surface area contributed by atoms with Crippen molar-refractivity contribution in [1.29, 1.82) is 0 Å². The molecule has 7 nitrogen and oxygen atoms in total. The summed E-state index contributed by atoms with van der Waals surface area (Å²) in [4.78, 5) is 12.9. The highest BCUT2D eigenvalue weighted by Crippen LogP contribution is 2.39. The first kappa shape index (κ1) is 30.0. The van der Waals surface area contributed by atoms with Gasteiger partial charge in [0.05, 0.1) is 33.5 Å². The quantitative estimate of drug-likeness (QED) is 0.185. The van der Waals surface area contributed by atoms with E-state index in [9.17, 15) is 25.2 Å². The van der Waals surface area contributed by atoms with Gasteiger partial charge in [0.1, 0.15) is 17.2 Å². The maximum Gasteiger partial charge on any atom is 0.193 e. The second-order valence-corrected chi connectivity index (χ2v) is 10.5. The van der Waals surface area contributed by atoms with Crippen LogP contribution < -0.4 is 9.47 Å². The Bertz CT molecular complexity index is 1470. The van der Waals surface area contributed by atoms with E-state index in [1.165, 1.54) is 0 Å². The lowest BCUT2D eigenvalue weighted by molar-refractivity contribution is 0.103. The van der Waals surface area contributed by atoms with E-state index in [1.54, 1.807) is 55.6 Å². The highest BCUT2D eigenvalue weighted by atomic mass is 16.5. The Morgan fingerprint density at radius 2 is 1.05 bits per heavy atom. The fourth-order valence-corrected chi connectivity index (χ4v) is 4.88. The molecule has 0 unspecified atom stereocenters. The zero-order valence-electron chi connectivity index (χ0n) is 23.8. The van der Waals surface area contributed by atoms with Gasteiger partial charge in [0, 0.05) is 27.7 Å². The molecule has 0 spiro atoms. The minimum Gasteiger partial charge on any atom is -0.497 e. The van der Waals surface area contributed by atoms with Crippen LogP contribution in [0.4, 0.5) is 0 Å². The van der Waals surface area contributed by atoms with E-state index in [0.29, 0.717) is 39.5 Å². The lowest BCUT2D eigenvalue weighted by Crippen LogP contribution is -2.21. The number of hydrogen-bond acceptors (Lipinski definition) is 7. The van der Waals surface area contributed by atoms with Crippen LogP contribution in [0.25, 0.3) is 0 Å². The molecule has 7 heteroatoms. The summed E-state index contributed by atoms with van der Waals surface area (Å²) in [6.45, 7) is 4.95. The molecule has 4 N–H and O–H groups in total. The number of carbonyl (C=O) groups excluding carboxylic acids is 1. The van der Waals surface area contributed by atoms with E-state index in [2.05, 4.69) is 0 Å². The molecular formula is C34H36O7. The Morgan fingerprint density at radius 3 is 1.44 bits per heavy atom. The fraction of sp³-hybridized carbons (Fsp3) is 0.265.